The van der Waals surface area contributed by atoms with Crippen LogP contribution >= 0.6 is 11.6 Å². The van der Waals surface area contributed by atoms with Crippen LogP contribution in [0.3, 0.4) is 0 Å². The largest absolute Gasteiger partial charge is 0.269 e. The van der Waals surface area contributed by atoms with Crippen LogP contribution in [0.4, 0.5) is 5.69 Å². The van der Waals surface area contributed by atoms with Gasteiger partial charge >= 0.3 is 0 Å². The van der Waals surface area contributed by atoms with E-state index < -0.39 is 4.92 Å². The maximum atomic E-state index is 10.8. The van der Waals surface area contributed by atoms with Crippen molar-refractivity contribution in [2.75, 3.05) is 0 Å². The Morgan fingerprint density at radius 3 is 2.65 bits per heavy atom. The zero-order valence-corrected chi connectivity index (χ0v) is 12.4. The quantitative estimate of drug-likeness (QED) is 0.638. The van der Waals surface area contributed by atoms with Crippen molar-refractivity contribution in [1.82, 2.24) is 9.78 Å². The first-order valence-electron chi connectivity index (χ1n) is 6.39. The van der Waals surface area contributed by atoms with Crippen molar-refractivity contribution in [2.24, 2.45) is 0 Å². The van der Waals surface area contributed by atoms with Gasteiger partial charge in [0, 0.05) is 22.8 Å². The fraction of sp³-hybridized carbons (Fsp3) is 0.357. The number of aromatic nitrogens is 2. The van der Waals surface area contributed by atoms with Crippen molar-refractivity contribution in [1.29, 1.82) is 0 Å². The third-order valence-electron chi connectivity index (χ3n) is 3.45. The molecule has 6 heteroatoms. The molecule has 0 amide bonds. The van der Waals surface area contributed by atoms with Crippen LogP contribution in [0.1, 0.15) is 29.4 Å². The molecule has 2 aromatic rings. The van der Waals surface area contributed by atoms with E-state index in [1.54, 1.807) is 6.07 Å². The Morgan fingerprint density at radius 1 is 1.40 bits per heavy atom. The summed E-state index contributed by atoms with van der Waals surface area (Å²) >= 11 is 6.12. The normalized spacial score (nSPS) is 10.8. The number of aryl methyl sites for hydroxylation is 1. The summed E-state index contributed by atoms with van der Waals surface area (Å²) in [7, 11) is 0. The number of nitrogens with zero attached hydrogens (tertiary/aromatic N) is 3. The summed E-state index contributed by atoms with van der Waals surface area (Å²) in [5.74, 6) is 0. The molecule has 106 valence electrons. The molecule has 1 heterocycles. The van der Waals surface area contributed by atoms with Gasteiger partial charge in [-0.05, 0) is 37.5 Å². The van der Waals surface area contributed by atoms with Crippen molar-refractivity contribution < 1.29 is 4.92 Å². The fourth-order valence-electron chi connectivity index (χ4n) is 2.36. The lowest BCUT2D eigenvalue weighted by Gasteiger charge is -2.07. The van der Waals surface area contributed by atoms with Gasteiger partial charge in [-0.3, -0.25) is 14.8 Å². The molecule has 0 saturated heterocycles. The molecule has 0 aliphatic rings. The minimum absolute atomic E-state index is 0.0432. The van der Waals surface area contributed by atoms with Gasteiger partial charge in [0.25, 0.3) is 5.69 Å². The molecule has 5 nitrogen and oxygen atoms in total. The number of hydrogen-bond acceptors (Lipinski definition) is 3. The SMILES string of the molecule is CCc1c(C)nn(Cc2cc([N+](=O)[O-])ccc2Cl)c1C. The second kappa shape index (κ2) is 5.63. The zero-order chi connectivity index (χ0) is 14.9. The average molecular weight is 294 g/mol. The highest BCUT2D eigenvalue weighted by atomic mass is 35.5. The number of rotatable bonds is 4. The summed E-state index contributed by atoms with van der Waals surface area (Å²) in [6.07, 6.45) is 0.917. The highest BCUT2D eigenvalue weighted by molar-refractivity contribution is 6.31. The number of hydrogen-bond donors (Lipinski definition) is 0. The Hall–Kier alpha value is -1.88. The number of benzene rings is 1. The van der Waals surface area contributed by atoms with E-state index in [-0.39, 0.29) is 5.69 Å². The fourth-order valence-corrected chi connectivity index (χ4v) is 2.53. The highest BCUT2D eigenvalue weighted by Gasteiger charge is 2.14. The van der Waals surface area contributed by atoms with Gasteiger partial charge < -0.3 is 0 Å². The molecule has 0 atom stereocenters. The molecule has 0 bridgehead atoms. The van der Waals surface area contributed by atoms with Gasteiger partial charge in [0.05, 0.1) is 17.2 Å². The number of nitro groups is 1. The topological polar surface area (TPSA) is 61.0 Å². The van der Waals surface area contributed by atoms with Crippen molar-refractivity contribution in [2.45, 2.75) is 33.7 Å². The standard InChI is InChI=1S/C14H16ClN3O2/c1-4-13-9(2)16-17(10(13)3)8-11-7-12(18(19)20)5-6-14(11)15/h5-7H,4,8H2,1-3H3. The van der Waals surface area contributed by atoms with Crippen LogP contribution in [-0.2, 0) is 13.0 Å². The maximum absolute atomic E-state index is 10.8. The maximum Gasteiger partial charge on any atom is 0.269 e. The lowest BCUT2D eigenvalue weighted by atomic mass is 10.1. The third-order valence-corrected chi connectivity index (χ3v) is 3.81. The Balaban J connectivity index is 2.39. The van der Waals surface area contributed by atoms with Crippen LogP contribution < -0.4 is 0 Å². The summed E-state index contributed by atoms with van der Waals surface area (Å²) in [6.45, 7) is 6.50. The van der Waals surface area contributed by atoms with E-state index in [2.05, 4.69) is 12.0 Å². The van der Waals surface area contributed by atoms with Crippen LogP contribution in [-0.4, -0.2) is 14.7 Å². The molecule has 0 fully saturated rings. The Morgan fingerprint density at radius 2 is 2.10 bits per heavy atom. The highest BCUT2D eigenvalue weighted by Crippen LogP contribution is 2.24. The van der Waals surface area contributed by atoms with Crippen molar-refractivity contribution >= 4 is 17.3 Å². The van der Waals surface area contributed by atoms with E-state index >= 15 is 0 Å². The van der Waals surface area contributed by atoms with Gasteiger partial charge in [0.2, 0.25) is 0 Å². The molecule has 1 aromatic carbocycles. The van der Waals surface area contributed by atoms with E-state index in [1.165, 1.54) is 17.7 Å². The Kier molecular flexibility index (Phi) is 4.09. The van der Waals surface area contributed by atoms with Crippen molar-refractivity contribution in [3.05, 3.63) is 55.9 Å². The molecular formula is C14H16ClN3O2. The van der Waals surface area contributed by atoms with E-state index in [1.807, 2.05) is 18.5 Å². The van der Waals surface area contributed by atoms with Crippen molar-refractivity contribution in [3.63, 3.8) is 0 Å². The Bertz CT molecular complexity index is 665. The van der Waals surface area contributed by atoms with Crippen LogP contribution in [0, 0.1) is 24.0 Å². The lowest BCUT2D eigenvalue weighted by Crippen LogP contribution is -2.05. The summed E-state index contributed by atoms with van der Waals surface area (Å²) in [6, 6.07) is 4.47. The molecule has 20 heavy (non-hydrogen) atoms. The van der Waals surface area contributed by atoms with Crippen molar-refractivity contribution in [3.8, 4) is 0 Å². The number of nitro benzene ring substituents is 1. The smallest absolute Gasteiger partial charge is 0.265 e. The van der Waals surface area contributed by atoms with Gasteiger partial charge in [0.1, 0.15) is 0 Å². The molecular weight excluding hydrogens is 278 g/mol. The van der Waals surface area contributed by atoms with E-state index in [0.717, 1.165) is 17.8 Å². The molecule has 0 aliphatic heterocycles. The molecule has 0 spiro atoms. The first-order valence-corrected chi connectivity index (χ1v) is 6.77. The molecule has 0 aliphatic carbocycles. The van der Waals surface area contributed by atoms with Gasteiger partial charge in [-0.2, -0.15) is 5.10 Å². The predicted octanol–water partition coefficient (Wildman–Crippen LogP) is 3.67. The first-order chi connectivity index (χ1) is 9.43. The average Bonchev–Trinajstić information content (AvgIpc) is 2.66. The first kappa shape index (κ1) is 14.5. The van der Waals surface area contributed by atoms with E-state index in [4.69, 9.17) is 11.6 Å². The summed E-state index contributed by atoms with van der Waals surface area (Å²) in [5, 5.41) is 15.8. The second-order valence-corrected chi connectivity index (χ2v) is 5.10. The molecule has 0 N–H and O–H groups in total. The van der Waals surface area contributed by atoms with Crippen LogP contribution in [0.5, 0.6) is 0 Å². The van der Waals surface area contributed by atoms with Crippen LogP contribution in [0.2, 0.25) is 5.02 Å². The predicted molar refractivity (Wildman–Crippen MR) is 78.3 cm³/mol. The minimum Gasteiger partial charge on any atom is -0.265 e. The van der Waals surface area contributed by atoms with Gasteiger partial charge in [-0.25, -0.2) is 0 Å². The Labute approximate surface area is 122 Å². The van der Waals surface area contributed by atoms with E-state index in [0.29, 0.717) is 17.1 Å². The van der Waals surface area contributed by atoms with Crippen LogP contribution in [0.15, 0.2) is 18.2 Å². The van der Waals surface area contributed by atoms with Gasteiger partial charge in [-0.15, -0.1) is 0 Å². The zero-order valence-electron chi connectivity index (χ0n) is 11.7. The van der Waals surface area contributed by atoms with Crippen LogP contribution in [0.25, 0.3) is 0 Å². The number of halogens is 1. The van der Waals surface area contributed by atoms with Gasteiger partial charge in [0.15, 0.2) is 0 Å². The molecule has 0 saturated carbocycles. The summed E-state index contributed by atoms with van der Waals surface area (Å²) in [4.78, 5) is 10.4. The van der Waals surface area contributed by atoms with Gasteiger partial charge in [-0.1, -0.05) is 18.5 Å². The molecule has 2 rings (SSSR count). The second-order valence-electron chi connectivity index (χ2n) is 4.69. The summed E-state index contributed by atoms with van der Waals surface area (Å²) in [5.41, 5.74) is 4.03. The minimum atomic E-state index is -0.418. The summed E-state index contributed by atoms with van der Waals surface area (Å²) < 4.78 is 1.85. The monoisotopic (exact) mass is 293 g/mol. The number of non-ortho nitro benzene ring substituents is 1. The molecule has 0 unspecified atom stereocenters. The lowest BCUT2D eigenvalue weighted by molar-refractivity contribution is -0.384. The molecule has 0 radical (unpaired) electrons. The van der Waals surface area contributed by atoms with E-state index in [9.17, 15) is 10.1 Å². The molecule has 1 aromatic heterocycles. The third kappa shape index (κ3) is 2.67.